The molecule has 0 atom stereocenters. The zero-order chi connectivity index (χ0) is 22.5. The van der Waals surface area contributed by atoms with E-state index in [1.807, 2.05) is 72.8 Å². The quantitative estimate of drug-likeness (QED) is 0.387. The molecular formula is C26H24N2O4. The lowest BCUT2D eigenvalue weighted by molar-refractivity contribution is 0.324. The maximum atomic E-state index is 5.53. The fourth-order valence-electron chi connectivity index (χ4n) is 3.45. The number of benzene rings is 3. The number of ether oxygens (including phenoxy) is 4. The molecule has 6 nitrogen and oxygen atoms in total. The molecular weight excluding hydrogens is 404 g/mol. The summed E-state index contributed by atoms with van der Waals surface area (Å²) in [5.41, 5.74) is 4.25. The molecule has 0 spiro atoms. The Bertz CT molecular complexity index is 1180. The number of rotatable bonds is 7. The minimum atomic E-state index is 0.534. The highest BCUT2D eigenvalue weighted by Gasteiger charge is 2.17. The van der Waals surface area contributed by atoms with Crippen LogP contribution in [0.25, 0.3) is 33.9 Å². The zero-order valence-electron chi connectivity index (χ0n) is 18.5. The third kappa shape index (κ3) is 4.21. The van der Waals surface area contributed by atoms with Gasteiger partial charge in [-0.15, -0.1) is 0 Å². The van der Waals surface area contributed by atoms with E-state index < -0.39 is 0 Å². The van der Waals surface area contributed by atoms with E-state index in [-0.39, 0.29) is 0 Å². The minimum absolute atomic E-state index is 0.534. The second kappa shape index (κ2) is 9.39. The van der Waals surface area contributed by atoms with Crippen LogP contribution in [0.3, 0.4) is 0 Å². The summed E-state index contributed by atoms with van der Waals surface area (Å²) in [7, 11) is 6.42. The molecule has 6 heteroatoms. The van der Waals surface area contributed by atoms with Crippen LogP contribution >= 0.6 is 0 Å². The van der Waals surface area contributed by atoms with Gasteiger partial charge in [-0.2, -0.15) is 0 Å². The van der Waals surface area contributed by atoms with Crippen molar-refractivity contribution in [1.82, 2.24) is 9.97 Å². The maximum Gasteiger partial charge on any atom is 0.203 e. The van der Waals surface area contributed by atoms with E-state index in [1.165, 1.54) is 0 Å². The van der Waals surface area contributed by atoms with E-state index in [9.17, 15) is 0 Å². The number of hydrogen-bond acceptors (Lipinski definition) is 6. The Morgan fingerprint density at radius 3 is 1.66 bits per heavy atom. The van der Waals surface area contributed by atoms with Crippen LogP contribution in [0.2, 0.25) is 0 Å². The molecule has 4 rings (SSSR count). The van der Waals surface area contributed by atoms with Gasteiger partial charge in [-0.1, -0.05) is 30.3 Å². The van der Waals surface area contributed by atoms with E-state index >= 15 is 0 Å². The van der Waals surface area contributed by atoms with Crippen molar-refractivity contribution in [1.29, 1.82) is 0 Å². The molecule has 0 saturated carbocycles. The summed E-state index contributed by atoms with van der Waals surface area (Å²) in [6.07, 6.45) is 0. The Balaban J connectivity index is 1.92. The summed E-state index contributed by atoms with van der Waals surface area (Å²) in [4.78, 5) is 9.69. The van der Waals surface area contributed by atoms with Crippen molar-refractivity contribution in [3.05, 3.63) is 72.8 Å². The second-order valence-electron chi connectivity index (χ2n) is 6.97. The Morgan fingerprint density at radius 2 is 1.12 bits per heavy atom. The van der Waals surface area contributed by atoms with Crippen molar-refractivity contribution in [2.45, 2.75) is 0 Å². The number of aromatic nitrogens is 2. The lowest BCUT2D eigenvalue weighted by Crippen LogP contribution is -1.98. The summed E-state index contributed by atoms with van der Waals surface area (Å²) >= 11 is 0. The van der Waals surface area contributed by atoms with Crippen LogP contribution in [0.1, 0.15) is 0 Å². The van der Waals surface area contributed by atoms with Crippen molar-refractivity contribution in [3.8, 4) is 56.9 Å². The van der Waals surface area contributed by atoms with Gasteiger partial charge in [-0.25, -0.2) is 9.97 Å². The molecule has 0 radical (unpaired) electrons. The van der Waals surface area contributed by atoms with Gasteiger partial charge in [-0.3, -0.25) is 0 Å². The van der Waals surface area contributed by atoms with Gasteiger partial charge in [0.05, 0.1) is 39.8 Å². The van der Waals surface area contributed by atoms with Crippen LogP contribution in [-0.4, -0.2) is 38.4 Å². The van der Waals surface area contributed by atoms with Crippen molar-refractivity contribution >= 4 is 0 Å². The minimum Gasteiger partial charge on any atom is -0.497 e. The summed E-state index contributed by atoms with van der Waals surface area (Å²) < 4.78 is 21.8. The molecule has 4 aromatic rings. The third-order valence-corrected chi connectivity index (χ3v) is 5.10. The molecule has 3 aromatic carbocycles. The summed E-state index contributed by atoms with van der Waals surface area (Å²) in [6.45, 7) is 0. The largest absolute Gasteiger partial charge is 0.497 e. The number of methoxy groups -OCH3 is 4. The standard InChI is InChI=1S/C26H24N2O4/c1-29-20-12-10-17(11-13-20)21-16-22(28-26(27-21)18-8-6-5-7-9-18)19-14-23(30-2)25(32-4)24(15-19)31-3/h5-16H,1-4H3. The Kier molecular flexibility index (Phi) is 6.22. The van der Waals surface area contributed by atoms with Gasteiger partial charge >= 0.3 is 0 Å². The fourth-order valence-corrected chi connectivity index (χ4v) is 3.45. The molecule has 0 saturated heterocycles. The molecule has 0 bridgehead atoms. The first-order chi connectivity index (χ1) is 15.7. The smallest absolute Gasteiger partial charge is 0.203 e. The van der Waals surface area contributed by atoms with Gasteiger partial charge in [0.1, 0.15) is 5.75 Å². The molecule has 0 aliphatic carbocycles. The van der Waals surface area contributed by atoms with Crippen LogP contribution in [0.4, 0.5) is 0 Å². The van der Waals surface area contributed by atoms with Crippen molar-refractivity contribution < 1.29 is 18.9 Å². The lowest BCUT2D eigenvalue weighted by atomic mass is 10.1. The first-order valence-electron chi connectivity index (χ1n) is 10.1. The molecule has 0 unspecified atom stereocenters. The average molecular weight is 428 g/mol. The second-order valence-corrected chi connectivity index (χ2v) is 6.97. The van der Waals surface area contributed by atoms with E-state index in [1.54, 1.807) is 28.4 Å². The topological polar surface area (TPSA) is 62.7 Å². The van der Waals surface area contributed by atoms with E-state index in [4.69, 9.17) is 28.9 Å². The molecule has 0 aliphatic rings. The van der Waals surface area contributed by atoms with Crippen LogP contribution in [0, 0.1) is 0 Å². The van der Waals surface area contributed by atoms with Gasteiger partial charge in [0, 0.05) is 16.7 Å². The molecule has 1 aromatic heterocycles. The monoisotopic (exact) mass is 428 g/mol. The van der Waals surface area contributed by atoms with Crippen molar-refractivity contribution in [2.75, 3.05) is 28.4 Å². The van der Waals surface area contributed by atoms with E-state index in [0.29, 0.717) is 23.1 Å². The molecule has 0 amide bonds. The summed E-state index contributed by atoms with van der Waals surface area (Å²) in [5.74, 6) is 3.07. The highest BCUT2D eigenvalue weighted by Crippen LogP contribution is 2.41. The predicted octanol–water partition coefficient (Wildman–Crippen LogP) is 5.51. The SMILES string of the molecule is COc1ccc(-c2cc(-c3cc(OC)c(OC)c(OC)c3)nc(-c3ccccc3)n2)cc1. The lowest BCUT2D eigenvalue weighted by Gasteiger charge is -2.15. The molecule has 162 valence electrons. The number of nitrogens with zero attached hydrogens (tertiary/aromatic N) is 2. The first-order valence-corrected chi connectivity index (χ1v) is 10.1. The van der Waals surface area contributed by atoms with Crippen LogP contribution in [0.15, 0.2) is 72.8 Å². The fraction of sp³-hybridized carbons (Fsp3) is 0.154. The first kappa shape index (κ1) is 21.2. The Labute approximate surface area is 187 Å². The molecule has 32 heavy (non-hydrogen) atoms. The van der Waals surface area contributed by atoms with Gasteiger partial charge < -0.3 is 18.9 Å². The average Bonchev–Trinajstić information content (AvgIpc) is 2.88. The van der Waals surface area contributed by atoms with Crippen molar-refractivity contribution in [2.24, 2.45) is 0 Å². The molecule has 0 fully saturated rings. The van der Waals surface area contributed by atoms with E-state index in [2.05, 4.69) is 0 Å². The van der Waals surface area contributed by atoms with E-state index in [0.717, 1.165) is 33.8 Å². The number of hydrogen-bond donors (Lipinski definition) is 0. The van der Waals surface area contributed by atoms with Gasteiger partial charge in [-0.05, 0) is 42.5 Å². The maximum absolute atomic E-state index is 5.53. The van der Waals surface area contributed by atoms with Crippen molar-refractivity contribution in [3.63, 3.8) is 0 Å². The molecule has 1 heterocycles. The Hall–Kier alpha value is -4.06. The molecule has 0 N–H and O–H groups in total. The van der Waals surface area contributed by atoms with Gasteiger partial charge in [0.15, 0.2) is 17.3 Å². The normalized spacial score (nSPS) is 10.5. The summed E-state index contributed by atoms with van der Waals surface area (Å²) in [6, 6.07) is 23.4. The highest BCUT2D eigenvalue weighted by atomic mass is 16.5. The summed E-state index contributed by atoms with van der Waals surface area (Å²) in [5, 5.41) is 0. The van der Waals surface area contributed by atoms with Crippen LogP contribution in [-0.2, 0) is 0 Å². The molecule has 0 aliphatic heterocycles. The zero-order valence-corrected chi connectivity index (χ0v) is 18.5. The highest BCUT2D eigenvalue weighted by molar-refractivity contribution is 5.75. The van der Waals surface area contributed by atoms with Gasteiger partial charge in [0.2, 0.25) is 5.75 Å². The third-order valence-electron chi connectivity index (χ3n) is 5.10. The Morgan fingerprint density at radius 1 is 0.531 bits per heavy atom. The van der Waals surface area contributed by atoms with Gasteiger partial charge in [0.25, 0.3) is 0 Å². The predicted molar refractivity (Wildman–Crippen MR) is 125 cm³/mol. The van der Waals surface area contributed by atoms with Crippen LogP contribution < -0.4 is 18.9 Å². The van der Waals surface area contributed by atoms with Crippen LogP contribution in [0.5, 0.6) is 23.0 Å².